The van der Waals surface area contributed by atoms with Crippen LogP contribution in [0.5, 0.6) is 0 Å². The van der Waals surface area contributed by atoms with Crippen molar-refractivity contribution in [3.05, 3.63) is 29.6 Å². The average Bonchev–Trinajstić information content (AvgIpc) is 2.62. The van der Waals surface area contributed by atoms with Crippen LogP contribution in [0.4, 0.5) is 10.1 Å². The molecule has 1 N–H and O–H groups in total. The number of amidine groups is 1. The maximum Gasteiger partial charge on any atom is 0.146 e. The second-order valence-corrected chi connectivity index (χ2v) is 3.54. The number of aryl methyl sites for hydroxylation is 1. The van der Waals surface area contributed by atoms with Gasteiger partial charge in [0.1, 0.15) is 11.7 Å². The van der Waals surface area contributed by atoms with Crippen molar-refractivity contribution in [2.75, 3.05) is 11.9 Å². The molecule has 0 unspecified atom stereocenters. The first-order valence-electron chi connectivity index (χ1n) is 4.82. The van der Waals surface area contributed by atoms with Gasteiger partial charge in [0.25, 0.3) is 0 Å². The Hall–Kier alpha value is -1.38. The van der Waals surface area contributed by atoms with Crippen LogP contribution in [0.2, 0.25) is 0 Å². The van der Waals surface area contributed by atoms with Crippen LogP contribution in [0, 0.1) is 12.7 Å². The summed E-state index contributed by atoms with van der Waals surface area (Å²) < 4.78 is 13.4. The highest BCUT2D eigenvalue weighted by atomic mass is 19.1. The van der Waals surface area contributed by atoms with Gasteiger partial charge in [-0.05, 0) is 31.0 Å². The van der Waals surface area contributed by atoms with Crippen LogP contribution in [-0.4, -0.2) is 12.4 Å². The molecule has 3 heteroatoms. The number of benzene rings is 1. The Balaban J connectivity index is 2.16. The summed E-state index contributed by atoms with van der Waals surface area (Å²) in [6.07, 6.45) is 1.99. The Morgan fingerprint density at radius 3 is 2.93 bits per heavy atom. The lowest BCUT2D eigenvalue weighted by Crippen LogP contribution is -2.09. The summed E-state index contributed by atoms with van der Waals surface area (Å²) in [7, 11) is 0. The maximum absolute atomic E-state index is 13.4. The predicted molar refractivity (Wildman–Crippen MR) is 56.3 cm³/mol. The fraction of sp³-hybridized carbons (Fsp3) is 0.364. The number of rotatable bonds is 1. The minimum Gasteiger partial charge on any atom is -0.342 e. The number of hydrogen-bond donors (Lipinski definition) is 1. The zero-order valence-corrected chi connectivity index (χ0v) is 8.18. The van der Waals surface area contributed by atoms with E-state index in [4.69, 9.17) is 0 Å². The Morgan fingerprint density at radius 2 is 2.29 bits per heavy atom. The zero-order chi connectivity index (χ0) is 9.97. The molecule has 0 aliphatic carbocycles. The topological polar surface area (TPSA) is 24.4 Å². The molecule has 2 nitrogen and oxygen atoms in total. The molecule has 0 atom stereocenters. The summed E-state index contributed by atoms with van der Waals surface area (Å²) >= 11 is 0. The van der Waals surface area contributed by atoms with Crippen LogP contribution in [0.3, 0.4) is 0 Å². The molecule has 1 aromatic rings. The molecule has 1 aliphatic rings. The highest BCUT2D eigenvalue weighted by Gasteiger charge is 2.08. The maximum atomic E-state index is 13.4. The lowest BCUT2D eigenvalue weighted by atomic mass is 10.2. The van der Waals surface area contributed by atoms with Gasteiger partial charge >= 0.3 is 0 Å². The molecule has 0 amide bonds. The fourth-order valence-electron chi connectivity index (χ4n) is 1.52. The third-order valence-electron chi connectivity index (χ3n) is 2.28. The molecule has 0 saturated carbocycles. The van der Waals surface area contributed by atoms with E-state index in [0.717, 1.165) is 30.8 Å². The second-order valence-electron chi connectivity index (χ2n) is 3.54. The summed E-state index contributed by atoms with van der Waals surface area (Å²) in [5.41, 5.74) is 1.46. The van der Waals surface area contributed by atoms with E-state index in [9.17, 15) is 4.39 Å². The molecule has 0 radical (unpaired) electrons. The molecule has 74 valence electrons. The Labute approximate surface area is 82.9 Å². The Morgan fingerprint density at radius 1 is 1.43 bits per heavy atom. The minimum atomic E-state index is -0.209. The largest absolute Gasteiger partial charge is 0.342 e. The molecule has 0 spiro atoms. The van der Waals surface area contributed by atoms with Gasteiger partial charge in [-0.25, -0.2) is 4.39 Å². The van der Waals surface area contributed by atoms with E-state index in [1.807, 2.05) is 13.0 Å². The summed E-state index contributed by atoms with van der Waals surface area (Å²) in [5.74, 6) is 0.687. The van der Waals surface area contributed by atoms with Crippen molar-refractivity contribution < 1.29 is 4.39 Å². The molecular weight excluding hydrogens is 179 g/mol. The van der Waals surface area contributed by atoms with E-state index >= 15 is 0 Å². The standard InChI is InChI=1S/C11H13FN2/c1-8-4-5-10(9(12)7-8)14-11-3-2-6-13-11/h4-5,7H,2-3,6H2,1H3,(H,13,14). The number of aliphatic imine (C=N–C) groups is 1. The molecule has 1 aromatic carbocycles. The highest BCUT2D eigenvalue weighted by Crippen LogP contribution is 2.17. The van der Waals surface area contributed by atoms with Crippen LogP contribution in [-0.2, 0) is 0 Å². The van der Waals surface area contributed by atoms with E-state index in [-0.39, 0.29) is 5.82 Å². The van der Waals surface area contributed by atoms with Gasteiger partial charge in [0.2, 0.25) is 0 Å². The van der Waals surface area contributed by atoms with Gasteiger partial charge in [-0.15, -0.1) is 0 Å². The van der Waals surface area contributed by atoms with Crippen molar-refractivity contribution in [2.24, 2.45) is 4.99 Å². The van der Waals surface area contributed by atoms with Gasteiger partial charge in [0.15, 0.2) is 0 Å². The van der Waals surface area contributed by atoms with Crippen LogP contribution in [0.25, 0.3) is 0 Å². The van der Waals surface area contributed by atoms with Gasteiger partial charge in [0, 0.05) is 13.0 Å². The number of anilines is 1. The lowest BCUT2D eigenvalue weighted by molar-refractivity contribution is 0.631. The van der Waals surface area contributed by atoms with Gasteiger partial charge in [-0.3, -0.25) is 4.99 Å². The summed E-state index contributed by atoms with van der Waals surface area (Å²) in [5, 5.41) is 3.01. The van der Waals surface area contributed by atoms with Crippen LogP contribution in [0.15, 0.2) is 23.2 Å². The van der Waals surface area contributed by atoms with E-state index < -0.39 is 0 Å². The first-order valence-corrected chi connectivity index (χ1v) is 4.82. The number of nitrogens with zero attached hydrogens (tertiary/aromatic N) is 1. The van der Waals surface area contributed by atoms with Crippen molar-refractivity contribution in [1.82, 2.24) is 0 Å². The second kappa shape index (κ2) is 3.78. The monoisotopic (exact) mass is 192 g/mol. The molecule has 0 aromatic heterocycles. The van der Waals surface area contributed by atoms with Crippen LogP contribution in [0.1, 0.15) is 18.4 Å². The van der Waals surface area contributed by atoms with Crippen molar-refractivity contribution >= 4 is 11.5 Å². The van der Waals surface area contributed by atoms with Crippen molar-refractivity contribution in [1.29, 1.82) is 0 Å². The number of hydrogen-bond acceptors (Lipinski definition) is 2. The molecule has 0 fully saturated rings. The molecule has 0 saturated heterocycles. The Kier molecular flexibility index (Phi) is 2.48. The SMILES string of the molecule is Cc1ccc(NC2=NCCC2)c(F)c1. The normalized spacial score (nSPS) is 15.4. The predicted octanol–water partition coefficient (Wildman–Crippen LogP) is 2.74. The highest BCUT2D eigenvalue weighted by molar-refractivity contribution is 5.96. The van der Waals surface area contributed by atoms with E-state index in [0.29, 0.717) is 5.69 Å². The minimum absolute atomic E-state index is 0.209. The van der Waals surface area contributed by atoms with Crippen LogP contribution < -0.4 is 5.32 Å². The first kappa shape index (κ1) is 9.19. The van der Waals surface area contributed by atoms with Crippen molar-refractivity contribution in [3.63, 3.8) is 0 Å². The van der Waals surface area contributed by atoms with E-state index in [1.54, 1.807) is 6.07 Å². The third-order valence-corrected chi connectivity index (χ3v) is 2.28. The Bertz CT molecular complexity index is 372. The van der Waals surface area contributed by atoms with Crippen LogP contribution >= 0.6 is 0 Å². The fourth-order valence-corrected chi connectivity index (χ4v) is 1.52. The molecule has 1 heterocycles. The number of halogens is 1. The quantitative estimate of drug-likeness (QED) is 0.727. The van der Waals surface area contributed by atoms with E-state index in [1.165, 1.54) is 6.07 Å². The molecular formula is C11H13FN2. The van der Waals surface area contributed by atoms with Gasteiger partial charge in [-0.1, -0.05) is 6.07 Å². The lowest BCUT2D eigenvalue weighted by Gasteiger charge is -2.07. The third kappa shape index (κ3) is 1.92. The first-order chi connectivity index (χ1) is 6.75. The molecule has 0 bridgehead atoms. The van der Waals surface area contributed by atoms with Gasteiger partial charge in [0.05, 0.1) is 5.69 Å². The van der Waals surface area contributed by atoms with Crippen molar-refractivity contribution in [3.8, 4) is 0 Å². The van der Waals surface area contributed by atoms with Crippen molar-refractivity contribution in [2.45, 2.75) is 19.8 Å². The average molecular weight is 192 g/mol. The van der Waals surface area contributed by atoms with Gasteiger partial charge in [-0.2, -0.15) is 0 Å². The summed E-state index contributed by atoms with van der Waals surface area (Å²) in [6, 6.07) is 5.17. The molecule has 14 heavy (non-hydrogen) atoms. The van der Waals surface area contributed by atoms with Gasteiger partial charge < -0.3 is 5.32 Å². The molecule has 2 rings (SSSR count). The smallest absolute Gasteiger partial charge is 0.146 e. The molecule has 1 aliphatic heterocycles. The zero-order valence-electron chi connectivity index (χ0n) is 8.18. The summed E-state index contributed by atoms with van der Waals surface area (Å²) in [6.45, 7) is 2.73. The number of nitrogens with one attached hydrogen (secondary N) is 1. The van der Waals surface area contributed by atoms with E-state index in [2.05, 4.69) is 10.3 Å². The summed E-state index contributed by atoms with van der Waals surface area (Å²) in [4.78, 5) is 4.23.